The quantitative estimate of drug-likeness (QED) is 0.600. The number of carbonyl (C=O) groups excluding carboxylic acids is 1. The number of benzene rings is 1. The molecule has 0 heterocycles. The molecule has 0 aliphatic heterocycles. The summed E-state index contributed by atoms with van der Waals surface area (Å²) < 4.78 is 15.1. The summed E-state index contributed by atoms with van der Waals surface area (Å²) in [5.74, 6) is 1.30. The first-order valence-corrected chi connectivity index (χ1v) is 5.59. The third-order valence-electron chi connectivity index (χ3n) is 1.83. The van der Waals surface area contributed by atoms with Gasteiger partial charge in [0.25, 0.3) is 0 Å². The molecule has 16 heavy (non-hydrogen) atoms. The van der Waals surface area contributed by atoms with E-state index in [-0.39, 0.29) is 5.30 Å². The van der Waals surface area contributed by atoms with Crippen molar-refractivity contribution in [1.29, 1.82) is 0 Å². The molecule has 0 fully saturated rings. The van der Waals surface area contributed by atoms with E-state index in [4.69, 9.17) is 14.2 Å². The molecule has 5 heteroatoms. The average molecular weight is 242 g/mol. The first kappa shape index (κ1) is 12.7. The van der Waals surface area contributed by atoms with Crippen LogP contribution in [-0.2, 0) is 4.74 Å². The molecule has 0 aliphatic rings. The van der Waals surface area contributed by atoms with Gasteiger partial charge in [-0.05, 0) is 36.9 Å². The second-order valence-electron chi connectivity index (χ2n) is 2.80. The number of rotatable bonds is 4. The van der Waals surface area contributed by atoms with Gasteiger partial charge in [-0.2, -0.15) is 0 Å². The molecule has 1 aromatic carbocycles. The highest BCUT2D eigenvalue weighted by Gasteiger charge is 2.11. The lowest BCUT2D eigenvalue weighted by atomic mass is 10.3. The molecule has 0 atom stereocenters. The molecule has 0 amide bonds. The summed E-state index contributed by atoms with van der Waals surface area (Å²) in [7, 11) is 3.12. The summed E-state index contributed by atoms with van der Waals surface area (Å²) in [6, 6.07) is 5.26. The second kappa shape index (κ2) is 6.27. The molecular formula is C11H14O4S. The van der Waals surface area contributed by atoms with Gasteiger partial charge in [-0.15, -0.1) is 0 Å². The Kier molecular flexibility index (Phi) is 4.98. The largest absolute Gasteiger partial charge is 0.497 e. The van der Waals surface area contributed by atoms with Gasteiger partial charge in [-0.3, -0.25) is 0 Å². The van der Waals surface area contributed by atoms with E-state index in [2.05, 4.69) is 0 Å². The van der Waals surface area contributed by atoms with Gasteiger partial charge >= 0.3 is 5.30 Å². The van der Waals surface area contributed by atoms with Crippen LogP contribution in [0.1, 0.15) is 6.92 Å². The minimum Gasteiger partial charge on any atom is -0.497 e. The maximum Gasteiger partial charge on any atom is 0.372 e. The summed E-state index contributed by atoms with van der Waals surface area (Å²) in [4.78, 5) is 12.0. The highest BCUT2D eigenvalue weighted by atomic mass is 32.2. The van der Waals surface area contributed by atoms with Crippen LogP contribution in [0.2, 0.25) is 0 Å². The fourth-order valence-corrected chi connectivity index (χ4v) is 1.88. The molecule has 0 bridgehead atoms. The number of hydrogen-bond acceptors (Lipinski definition) is 5. The van der Waals surface area contributed by atoms with E-state index in [0.29, 0.717) is 23.0 Å². The zero-order valence-electron chi connectivity index (χ0n) is 9.48. The summed E-state index contributed by atoms with van der Waals surface area (Å²) in [5, 5.41) is -0.353. The Bertz CT molecular complexity index is 365. The Morgan fingerprint density at radius 3 is 2.62 bits per heavy atom. The molecule has 0 N–H and O–H groups in total. The van der Waals surface area contributed by atoms with Crippen LogP contribution in [0.15, 0.2) is 23.1 Å². The van der Waals surface area contributed by atoms with E-state index >= 15 is 0 Å². The average Bonchev–Trinajstić information content (AvgIpc) is 2.29. The van der Waals surface area contributed by atoms with Crippen molar-refractivity contribution in [3.63, 3.8) is 0 Å². The van der Waals surface area contributed by atoms with Crippen molar-refractivity contribution < 1.29 is 19.0 Å². The monoisotopic (exact) mass is 242 g/mol. The number of carbonyl (C=O) groups is 1. The van der Waals surface area contributed by atoms with Gasteiger partial charge in [0.1, 0.15) is 11.5 Å². The first-order valence-electron chi connectivity index (χ1n) is 4.78. The number of ether oxygens (including phenoxy) is 3. The van der Waals surface area contributed by atoms with Crippen molar-refractivity contribution >= 4 is 17.1 Å². The second-order valence-corrected chi connectivity index (χ2v) is 3.78. The summed E-state index contributed by atoms with van der Waals surface area (Å²) >= 11 is 0.983. The molecule has 0 radical (unpaired) electrons. The minimum absolute atomic E-state index is 0.353. The smallest absolute Gasteiger partial charge is 0.372 e. The van der Waals surface area contributed by atoms with Crippen LogP contribution >= 0.6 is 11.8 Å². The predicted octanol–water partition coefficient (Wildman–Crippen LogP) is 2.95. The van der Waals surface area contributed by atoms with Crippen LogP contribution in [0, 0.1) is 0 Å². The Balaban J connectivity index is 2.86. The molecule has 0 spiro atoms. The van der Waals surface area contributed by atoms with Crippen LogP contribution in [0.4, 0.5) is 4.79 Å². The topological polar surface area (TPSA) is 44.8 Å². The van der Waals surface area contributed by atoms with Crippen LogP contribution in [-0.4, -0.2) is 26.1 Å². The van der Waals surface area contributed by atoms with Crippen molar-refractivity contribution in [2.75, 3.05) is 20.8 Å². The zero-order chi connectivity index (χ0) is 12.0. The Morgan fingerprint density at radius 2 is 2.06 bits per heavy atom. The Labute approximate surface area is 98.9 Å². The normalized spacial score (nSPS) is 9.69. The van der Waals surface area contributed by atoms with Gasteiger partial charge in [0, 0.05) is 0 Å². The van der Waals surface area contributed by atoms with Gasteiger partial charge in [0.05, 0.1) is 25.7 Å². The minimum atomic E-state index is -0.353. The molecule has 88 valence electrons. The molecule has 0 unspecified atom stereocenters. The molecule has 1 aromatic rings. The lowest BCUT2D eigenvalue weighted by Gasteiger charge is -2.08. The molecule has 0 aromatic heterocycles. The van der Waals surface area contributed by atoms with Crippen molar-refractivity contribution in [3.05, 3.63) is 18.2 Å². The van der Waals surface area contributed by atoms with Crippen molar-refractivity contribution in [2.45, 2.75) is 11.8 Å². The van der Waals surface area contributed by atoms with Crippen LogP contribution in [0.3, 0.4) is 0 Å². The van der Waals surface area contributed by atoms with Crippen LogP contribution < -0.4 is 9.47 Å². The summed E-state index contributed by atoms with van der Waals surface area (Å²) in [5.41, 5.74) is 0. The van der Waals surface area contributed by atoms with E-state index in [1.54, 1.807) is 39.3 Å². The molecule has 1 rings (SSSR count). The Hall–Kier alpha value is -1.36. The fourth-order valence-electron chi connectivity index (χ4n) is 1.10. The molecule has 0 aliphatic carbocycles. The van der Waals surface area contributed by atoms with Gasteiger partial charge in [0.15, 0.2) is 0 Å². The van der Waals surface area contributed by atoms with Crippen molar-refractivity contribution in [1.82, 2.24) is 0 Å². The summed E-state index contributed by atoms with van der Waals surface area (Å²) in [6.45, 7) is 2.12. The molecule has 0 saturated carbocycles. The third kappa shape index (κ3) is 3.34. The highest BCUT2D eigenvalue weighted by molar-refractivity contribution is 8.13. The standard InChI is InChI=1S/C11H14O4S/c1-4-15-11(12)16-10-7-8(13-2)5-6-9(10)14-3/h5-7H,4H2,1-3H3. The van der Waals surface area contributed by atoms with E-state index < -0.39 is 0 Å². The van der Waals surface area contributed by atoms with E-state index in [1.807, 2.05) is 0 Å². The molecular weight excluding hydrogens is 228 g/mol. The predicted molar refractivity (Wildman–Crippen MR) is 62.4 cm³/mol. The van der Waals surface area contributed by atoms with E-state index in [1.165, 1.54) is 0 Å². The van der Waals surface area contributed by atoms with Gasteiger partial charge in [0.2, 0.25) is 0 Å². The van der Waals surface area contributed by atoms with Gasteiger partial charge < -0.3 is 14.2 Å². The maximum absolute atomic E-state index is 11.3. The number of methoxy groups -OCH3 is 2. The van der Waals surface area contributed by atoms with E-state index in [9.17, 15) is 4.79 Å². The van der Waals surface area contributed by atoms with Crippen LogP contribution in [0.5, 0.6) is 11.5 Å². The summed E-state index contributed by atoms with van der Waals surface area (Å²) in [6.07, 6.45) is 0. The van der Waals surface area contributed by atoms with Gasteiger partial charge in [-0.1, -0.05) is 0 Å². The van der Waals surface area contributed by atoms with E-state index in [0.717, 1.165) is 11.8 Å². The van der Waals surface area contributed by atoms with Crippen LogP contribution in [0.25, 0.3) is 0 Å². The lowest BCUT2D eigenvalue weighted by Crippen LogP contribution is -1.97. The SMILES string of the molecule is CCOC(=O)Sc1cc(OC)ccc1OC. The van der Waals surface area contributed by atoms with Crippen molar-refractivity contribution in [2.24, 2.45) is 0 Å². The van der Waals surface area contributed by atoms with Crippen molar-refractivity contribution in [3.8, 4) is 11.5 Å². The number of hydrogen-bond donors (Lipinski definition) is 0. The highest BCUT2D eigenvalue weighted by Crippen LogP contribution is 2.33. The first-order chi connectivity index (χ1) is 7.71. The maximum atomic E-state index is 11.3. The Morgan fingerprint density at radius 1 is 1.31 bits per heavy atom. The zero-order valence-corrected chi connectivity index (χ0v) is 10.3. The molecule has 0 saturated heterocycles. The lowest BCUT2D eigenvalue weighted by molar-refractivity contribution is 0.181. The van der Waals surface area contributed by atoms with Gasteiger partial charge in [-0.25, -0.2) is 4.79 Å². The third-order valence-corrected chi connectivity index (χ3v) is 2.65. The molecule has 4 nitrogen and oxygen atoms in total. The fraction of sp³-hybridized carbons (Fsp3) is 0.364. The number of thioether (sulfide) groups is 1.